The highest BCUT2D eigenvalue weighted by Gasteiger charge is 2.16. The molecule has 0 aliphatic carbocycles. The van der Waals surface area contributed by atoms with Crippen LogP contribution in [0.25, 0.3) is 10.8 Å². The van der Waals surface area contributed by atoms with Crippen molar-refractivity contribution >= 4 is 16.7 Å². The number of carbonyl (C=O) groups is 1. The minimum absolute atomic E-state index is 0.164. The Balaban J connectivity index is 2.32. The number of ether oxygens (including phenoxy) is 1. The van der Waals surface area contributed by atoms with Crippen LogP contribution in [0.2, 0.25) is 0 Å². The topological polar surface area (TPSA) is 26.3 Å². The standard InChI is InChI=1S/C15H16O2/c1-3-17-15(16)11(2)13-9-8-12-6-4-5-7-14(12)10-13/h4-11H,3H2,1-2H3/t11-/m1/s1. The summed E-state index contributed by atoms with van der Waals surface area (Å²) in [5.41, 5.74) is 1.00. The van der Waals surface area contributed by atoms with E-state index in [1.165, 1.54) is 5.39 Å². The molecule has 0 aliphatic rings. The average Bonchev–Trinajstić information content (AvgIpc) is 2.37. The molecule has 0 saturated carbocycles. The van der Waals surface area contributed by atoms with Gasteiger partial charge in [-0.3, -0.25) is 4.79 Å². The number of fused-ring (bicyclic) bond motifs is 1. The summed E-state index contributed by atoms with van der Waals surface area (Å²) < 4.78 is 5.03. The van der Waals surface area contributed by atoms with E-state index in [0.717, 1.165) is 10.9 Å². The normalized spacial score (nSPS) is 12.4. The number of rotatable bonds is 3. The second-order valence-electron chi connectivity index (χ2n) is 4.08. The maximum atomic E-state index is 11.7. The minimum atomic E-state index is -0.209. The first-order valence-electron chi connectivity index (χ1n) is 5.87. The molecule has 0 spiro atoms. The van der Waals surface area contributed by atoms with Gasteiger partial charge in [0.15, 0.2) is 0 Å². The molecule has 0 aromatic heterocycles. The number of benzene rings is 2. The van der Waals surface area contributed by atoms with Crippen LogP contribution in [0.5, 0.6) is 0 Å². The second-order valence-corrected chi connectivity index (χ2v) is 4.08. The Bertz CT molecular complexity index is 531. The fourth-order valence-electron chi connectivity index (χ4n) is 1.88. The van der Waals surface area contributed by atoms with Crippen LogP contribution in [0.4, 0.5) is 0 Å². The Labute approximate surface area is 101 Å². The van der Waals surface area contributed by atoms with Gasteiger partial charge in [-0.15, -0.1) is 0 Å². The fourth-order valence-corrected chi connectivity index (χ4v) is 1.88. The van der Waals surface area contributed by atoms with Gasteiger partial charge in [-0.25, -0.2) is 0 Å². The molecule has 2 nitrogen and oxygen atoms in total. The Morgan fingerprint density at radius 1 is 1.18 bits per heavy atom. The van der Waals surface area contributed by atoms with Gasteiger partial charge in [0, 0.05) is 0 Å². The van der Waals surface area contributed by atoms with E-state index in [1.54, 1.807) is 0 Å². The summed E-state index contributed by atoms with van der Waals surface area (Å²) in [6, 6.07) is 14.2. The SMILES string of the molecule is CCOC(=O)[C@H](C)c1ccc2ccccc2c1. The van der Waals surface area contributed by atoms with Crippen LogP contribution < -0.4 is 0 Å². The Hall–Kier alpha value is -1.83. The molecule has 0 saturated heterocycles. The van der Waals surface area contributed by atoms with E-state index in [9.17, 15) is 4.79 Å². The maximum absolute atomic E-state index is 11.7. The third-order valence-electron chi connectivity index (χ3n) is 2.91. The zero-order valence-electron chi connectivity index (χ0n) is 10.1. The van der Waals surface area contributed by atoms with Crippen molar-refractivity contribution in [2.24, 2.45) is 0 Å². The highest BCUT2D eigenvalue weighted by Crippen LogP contribution is 2.22. The smallest absolute Gasteiger partial charge is 0.313 e. The summed E-state index contributed by atoms with van der Waals surface area (Å²) in [6.45, 7) is 4.13. The molecule has 1 atom stereocenters. The first-order chi connectivity index (χ1) is 8.22. The van der Waals surface area contributed by atoms with Crippen molar-refractivity contribution in [2.45, 2.75) is 19.8 Å². The van der Waals surface area contributed by atoms with Crippen molar-refractivity contribution in [1.29, 1.82) is 0 Å². The molecule has 2 aromatic rings. The largest absolute Gasteiger partial charge is 0.466 e. The summed E-state index contributed by atoms with van der Waals surface area (Å²) in [7, 11) is 0. The summed E-state index contributed by atoms with van der Waals surface area (Å²) >= 11 is 0. The number of carbonyl (C=O) groups excluding carboxylic acids is 1. The van der Waals surface area contributed by atoms with Crippen LogP contribution in [-0.2, 0) is 9.53 Å². The van der Waals surface area contributed by atoms with E-state index in [-0.39, 0.29) is 11.9 Å². The highest BCUT2D eigenvalue weighted by atomic mass is 16.5. The molecular weight excluding hydrogens is 212 g/mol. The zero-order chi connectivity index (χ0) is 12.3. The molecule has 0 amide bonds. The number of hydrogen-bond acceptors (Lipinski definition) is 2. The molecular formula is C15H16O2. The molecule has 0 bridgehead atoms. The second kappa shape index (κ2) is 5.00. The Morgan fingerprint density at radius 2 is 1.88 bits per heavy atom. The first kappa shape index (κ1) is 11.6. The van der Waals surface area contributed by atoms with Crippen LogP contribution in [0.1, 0.15) is 25.3 Å². The molecule has 0 radical (unpaired) electrons. The molecule has 0 heterocycles. The van der Waals surface area contributed by atoms with Crippen molar-refractivity contribution in [2.75, 3.05) is 6.61 Å². The zero-order valence-corrected chi connectivity index (χ0v) is 10.1. The fraction of sp³-hybridized carbons (Fsp3) is 0.267. The molecule has 2 rings (SSSR count). The monoisotopic (exact) mass is 228 g/mol. The van der Waals surface area contributed by atoms with Crippen LogP contribution in [0.15, 0.2) is 42.5 Å². The lowest BCUT2D eigenvalue weighted by atomic mass is 9.98. The highest BCUT2D eigenvalue weighted by molar-refractivity contribution is 5.85. The lowest BCUT2D eigenvalue weighted by Gasteiger charge is -2.11. The lowest BCUT2D eigenvalue weighted by Crippen LogP contribution is -2.12. The van der Waals surface area contributed by atoms with Gasteiger partial charge < -0.3 is 4.74 Å². The lowest BCUT2D eigenvalue weighted by molar-refractivity contribution is -0.144. The summed E-state index contributed by atoms with van der Waals surface area (Å²) in [5, 5.41) is 2.34. The van der Waals surface area contributed by atoms with Crippen LogP contribution in [0.3, 0.4) is 0 Å². The quantitative estimate of drug-likeness (QED) is 0.751. The van der Waals surface area contributed by atoms with Gasteiger partial charge in [0.05, 0.1) is 12.5 Å². The van der Waals surface area contributed by atoms with E-state index in [2.05, 4.69) is 18.2 Å². The summed E-state index contributed by atoms with van der Waals surface area (Å²) in [4.78, 5) is 11.7. The first-order valence-corrected chi connectivity index (χ1v) is 5.87. The summed E-state index contributed by atoms with van der Waals surface area (Å²) in [5.74, 6) is -0.373. The van der Waals surface area contributed by atoms with E-state index < -0.39 is 0 Å². The number of hydrogen-bond donors (Lipinski definition) is 0. The Morgan fingerprint density at radius 3 is 2.59 bits per heavy atom. The predicted molar refractivity (Wildman–Crippen MR) is 69.0 cm³/mol. The molecule has 0 fully saturated rings. The van der Waals surface area contributed by atoms with Gasteiger partial charge >= 0.3 is 5.97 Å². The molecule has 0 unspecified atom stereocenters. The minimum Gasteiger partial charge on any atom is -0.466 e. The molecule has 2 heteroatoms. The third-order valence-corrected chi connectivity index (χ3v) is 2.91. The van der Waals surface area contributed by atoms with Gasteiger partial charge in [-0.1, -0.05) is 42.5 Å². The molecule has 2 aromatic carbocycles. The van der Waals surface area contributed by atoms with Gasteiger partial charge in [-0.2, -0.15) is 0 Å². The van der Waals surface area contributed by atoms with Crippen molar-refractivity contribution < 1.29 is 9.53 Å². The molecule has 0 N–H and O–H groups in total. The van der Waals surface area contributed by atoms with Crippen LogP contribution >= 0.6 is 0 Å². The summed E-state index contributed by atoms with van der Waals surface area (Å²) in [6.07, 6.45) is 0. The van der Waals surface area contributed by atoms with Gasteiger partial charge in [0.2, 0.25) is 0 Å². The van der Waals surface area contributed by atoms with E-state index in [4.69, 9.17) is 4.74 Å². The van der Waals surface area contributed by atoms with E-state index in [1.807, 2.05) is 38.1 Å². The molecule has 0 aliphatic heterocycles. The average molecular weight is 228 g/mol. The van der Waals surface area contributed by atoms with Gasteiger partial charge in [0.25, 0.3) is 0 Å². The van der Waals surface area contributed by atoms with Gasteiger partial charge in [-0.05, 0) is 30.2 Å². The van der Waals surface area contributed by atoms with Crippen molar-refractivity contribution in [1.82, 2.24) is 0 Å². The van der Waals surface area contributed by atoms with E-state index >= 15 is 0 Å². The third kappa shape index (κ3) is 2.47. The van der Waals surface area contributed by atoms with Gasteiger partial charge in [0.1, 0.15) is 0 Å². The van der Waals surface area contributed by atoms with Crippen molar-refractivity contribution in [3.05, 3.63) is 48.0 Å². The Kier molecular flexibility index (Phi) is 3.43. The van der Waals surface area contributed by atoms with E-state index in [0.29, 0.717) is 6.61 Å². The molecule has 88 valence electrons. The van der Waals surface area contributed by atoms with Crippen LogP contribution in [0, 0.1) is 0 Å². The predicted octanol–water partition coefficient (Wildman–Crippen LogP) is 3.51. The maximum Gasteiger partial charge on any atom is 0.313 e. The van der Waals surface area contributed by atoms with Crippen LogP contribution in [-0.4, -0.2) is 12.6 Å². The number of esters is 1. The van der Waals surface area contributed by atoms with Crippen molar-refractivity contribution in [3.8, 4) is 0 Å². The molecule has 17 heavy (non-hydrogen) atoms. The van der Waals surface area contributed by atoms with Crippen molar-refractivity contribution in [3.63, 3.8) is 0 Å².